The molecule has 30 heavy (non-hydrogen) atoms. The van der Waals surface area contributed by atoms with Gasteiger partial charge >= 0.3 is 0 Å². The molecular formula is C24H46O4Si2. The summed E-state index contributed by atoms with van der Waals surface area (Å²) < 4.78 is 14.1. The van der Waals surface area contributed by atoms with Gasteiger partial charge in [0.1, 0.15) is 0 Å². The van der Waals surface area contributed by atoms with Crippen LogP contribution in [0.2, 0.25) is 36.3 Å². The molecule has 0 saturated heterocycles. The van der Waals surface area contributed by atoms with Crippen molar-refractivity contribution in [1.29, 1.82) is 0 Å². The van der Waals surface area contributed by atoms with Gasteiger partial charge in [-0.2, -0.15) is 0 Å². The van der Waals surface area contributed by atoms with E-state index in [1.165, 1.54) is 0 Å². The highest BCUT2D eigenvalue weighted by molar-refractivity contribution is 6.74. The maximum atomic E-state index is 10.2. The van der Waals surface area contributed by atoms with Crippen molar-refractivity contribution in [2.75, 3.05) is 0 Å². The first-order chi connectivity index (χ1) is 13.4. The van der Waals surface area contributed by atoms with Crippen LogP contribution in [-0.4, -0.2) is 51.3 Å². The molecule has 2 unspecified atom stereocenters. The first-order valence-corrected chi connectivity index (χ1v) is 17.3. The fraction of sp³-hybridized carbons (Fsp3) is 0.833. The van der Waals surface area contributed by atoms with E-state index in [2.05, 4.69) is 79.9 Å². The summed E-state index contributed by atoms with van der Waals surface area (Å²) in [6.45, 7) is 22.7. The van der Waals surface area contributed by atoms with Crippen LogP contribution in [0.15, 0.2) is 24.3 Å². The lowest BCUT2D eigenvalue weighted by molar-refractivity contribution is -0.0198. The Morgan fingerprint density at radius 1 is 0.667 bits per heavy atom. The van der Waals surface area contributed by atoms with Crippen molar-refractivity contribution < 1.29 is 19.1 Å². The predicted molar refractivity (Wildman–Crippen MR) is 131 cm³/mol. The SMILES string of the molecule is CC(C)(C)[Si](C)(C)O[C@@H](C1C=C[C@H](O)C1)[C@@H](O[Si](C)(C)C(C)(C)C)C1C=C[C@H](O)C1. The third-order valence-electron chi connectivity index (χ3n) is 7.83. The van der Waals surface area contributed by atoms with E-state index in [1.54, 1.807) is 0 Å². The van der Waals surface area contributed by atoms with Gasteiger partial charge in [0.2, 0.25) is 0 Å². The Morgan fingerprint density at radius 3 is 1.17 bits per heavy atom. The van der Waals surface area contributed by atoms with Crippen LogP contribution in [0, 0.1) is 11.8 Å². The quantitative estimate of drug-likeness (QED) is 0.386. The van der Waals surface area contributed by atoms with E-state index in [-0.39, 0.29) is 34.1 Å². The molecule has 0 saturated carbocycles. The molecule has 0 aromatic heterocycles. The van der Waals surface area contributed by atoms with Gasteiger partial charge in [-0.1, -0.05) is 65.8 Å². The molecule has 0 heterocycles. The molecule has 0 aromatic rings. The zero-order valence-corrected chi connectivity index (χ0v) is 22.9. The highest BCUT2D eigenvalue weighted by Crippen LogP contribution is 2.45. The summed E-state index contributed by atoms with van der Waals surface area (Å²) in [7, 11) is -4.15. The first-order valence-electron chi connectivity index (χ1n) is 11.5. The molecule has 2 rings (SSSR count). The standard InChI is InChI=1S/C24H46O4Si2/c1-23(2,3)29(7,8)27-21(17-11-13-19(25)15-17)22(18-12-14-20(26)16-18)28-30(9,10)24(4,5)6/h11-14,17-22,25-26H,15-16H2,1-10H3/t17?,18?,19-,20-,21-,22-/m0/s1. The van der Waals surface area contributed by atoms with Gasteiger partial charge in [-0.05, 0) is 49.1 Å². The van der Waals surface area contributed by atoms with E-state index in [4.69, 9.17) is 8.85 Å². The monoisotopic (exact) mass is 454 g/mol. The van der Waals surface area contributed by atoms with E-state index in [0.717, 1.165) is 0 Å². The Morgan fingerprint density at radius 2 is 0.967 bits per heavy atom. The summed E-state index contributed by atoms with van der Waals surface area (Å²) >= 11 is 0. The second-order valence-corrected chi connectivity index (χ2v) is 21.9. The fourth-order valence-electron chi connectivity index (χ4n) is 3.73. The third-order valence-corrected chi connectivity index (χ3v) is 16.8. The molecule has 0 aromatic carbocycles. The van der Waals surface area contributed by atoms with Gasteiger partial charge in [0.25, 0.3) is 0 Å². The smallest absolute Gasteiger partial charge is 0.192 e. The van der Waals surface area contributed by atoms with E-state index >= 15 is 0 Å². The molecule has 0 fully saturated rings. The summed E-state index contributed by atoms with van der Waals surface area (Å²) in [5, 5.41) is 20.6. The Bertz CT molecular complexity index is 587. The summed E-state index contributed by atoms with van der Waals surface area (Å²) in [5.41, 5.74) is 0. The molecule has 0 aliphatic heterocycles. The summed E-state index contributed by atoms with van der Waals surface area (Å²) in [6, 6.07) is 0. The highest BCUT2D eigenvalue weighted by Gasteiger charge is 2.49. The number of aliphatic hydroxyl groups excluding tert-OH is 2. The lowest BCUT2D eigenvalue weighted by Crippen LogP contribution is -2.55. The molecule has 174 valence electrons. The molecule has 2 aliphatic carbocycles. The third kappa shape index (κ3) is 5.96. The van der Waals surface area contributed by atoms with Crippen molar-refractivity contribution in [2.45, 2.75) is 115 Å². The van der Waals surface area contributed by atoms with Crippen LogP contribution >= 0.6 is 0 Å². The summed E-state index contributed by atoms with van der Waals surface area (Å²) in [6.07, 6.45) is 8.30. The van der Waals surface area contributed by atoms with Gasteiger partial charge in [0.05, 0.1) is 24.4 Å². The van der Waals surface area contributed by atoms with E-state index < -0.39 is 28.8 Å². The van der Waals surface area contributed by atoms with Gasteiger partial charge in [-0.25, -0.2) is 0 Å². The Kier molecular flexibility index (Phi) is 7.76. The summed E-state index contributed by atoms with van der Waals surface area (Å²) in [5.74, 6) is 0.241. The Hall–Kier alpha value is -0.246. The van der Waals surface area contributed by atoms with Gasteiger partial charge < -0.3 is 19.1 Å². The molecule has 0 radical (unpaired) electrons. The van der Waals surface area contributed by atoms with Crippen LogP contribution in [0.3, 0.4) is 0 Å². The number of rotatable bonds is 7. The zero-order chi connectivity index (χ0) is 23.1. The fourth-order valence-corrected chi connectivity index (χ4v) is 6.42. The molecule has 0 spiro atoms. The van der Waals surface area contributed by atoms with Gasteiger partial charge in [-0.3, -0.25) is 0 Å². The molecule has 4 nitrogen and oxygen atoms in total. The van der Waals surface area contributed by atoms with Crippen LogP contribution < -0.4 is 0 Å². The normalized spacial score (nSPS) is 30.1. The van der Waals surface area contributed by atoms with Crippen LogP contribution in [0.4, 0.5) is 0 Å². The topological polar surface area (TPSA) is 58.9 Å². The molecule has 0 bridgehead atoms. The van der Waals surface area contributed by atoms with E-state index in [0.29, 0.717) is 12.8 Å². The van der Waals surface area contributed by atoms with E-state index in [1.807, 2.05) is 12.2 Å². The largest absolute Gasteiger partial charge is 0.411 e. The van der Waals surface area contributed by atoms with Crippen molar-refractivity contribution in [3.63, 3.8) is 0 Å². The highest BCUT2D eigenvalue weighted by atomic mass is 28.4. The minimum absolute atomic E-state index is 0.0821. The number of aliphatic hydroxyl groups is 2. The van der Waals surface area contributed by atoms with Crippen molar-refractivity contribution in [3.8, 4) is 0 Å². The van der Waals surface area contributed by atoms with Crippen LogP contribution in [0.1, 0.15) is 54.4 Å². The van der Waals surface area contributed by atoms with Gasteiger partial charge in [-0.15, -0.1) is 0 Å². The average Bonchev–Trinajstić information content (AvgIpc) is 3.17. The van der Waals surface area contributed by atoms with Gasteiger partial charge in [0, 0.05) is 11.8 Å². The average molecular weight is 455 g/mol. The molecular weight excluding hydrogens is 408 g/mol. The lowest BCUT2D eigenvalue weighted by Gasteiger charge is -2.48. The lowest BCUT2D eigenvalue weighted by atomic mass is 9.88. The van der Waals surface area contributed by atoms with Crippen molar-refractivity contribution in [2.24, 2.45) is 11.8 Å². The van der Waals surface area contributed by atoms with Crippen LogP contribution in [0.25, 0.3) is 0 Å². The molecule has 0 amide bonds. The summed E-state index contributed by atoms with van der Waals surface area (Å²) in [4.78, 5) is 0. The zero-order valence-electron chi connectivity index (χ0n) is 20.9. The number of hydrogen-bond acceptors (Lipinski definition) is 4. The first kappa shape index (κ1) is 26.0. The van der Waals surface area contributed by atoms with E-state index in [9.17, 15) is 10.2 Å². The van der Waals surface area contributed by atoms with Crippen LogP contribution in [0.5, 0.6) is 0 Å². The molecule has 6 atom stereocenters. The van der Waals surface area contributed by atoms with Crippen molar-refractivity contribution in [3.05, 3.63) is 24.3 Å². The maximum absolute atomic E-state index is 10.2. The molecule has 2 N–H and O–H groups in total. The van der Waals surface area contributed by atoms with Crippen molar-refractivity contribution in [1.82, 2.24) is 0 Å². The number of hydrogen-bond donors (Lipinski definition) is 2. The van der Waals surface area contributed by atoms with Crippen molar-refractivity contribution >= 4 is 16.6 Å². The molecule has 6 heteroatoms. The molecule has 2 aliphatic rings. The second-order valence-electron chi connectivity index (χ2n) is 12.4. The van der Waals surface area contributed by atoms with Gasteiger partial charge in [0.15, 0.2) is 16.6 Å². The minimum atomic E-state index is -2.08. The Balaban J connectivity index is 2.46. The minimum Gasteiger partial charge on any atom is -0.411 e. The van der Waals surface area contributed by atoms with Crippen LogP contribution in [-0.2, 0) is 8.85 Å². The predicted octanol–water partition coefficient (Wildman–Crippen LogP) is 5.64. The maximum Gasteiger partial charge on any atom is 0.192 e. The Labute approximate surface area is 187 Å². The second kappa shape index (κ2) is 8.95.